The average Bonchev–Trinajstić information content (AvgIpc) is 3.28. The number of allylic oxidation sites excluding steroid dienone is 1. The number of aryl methyl sites for hydroxylation is 1. The van der Waals surface area contributed by atoms with Gasteiger partial charge >= 0.3 is 0 Å². The summed E-state index contributed by atoms with van der Waals surface area (Å²) in [5.41, 5.74) is 5.40. The van der Waals surface area contributed by atoms with Crippen LogP contribution in [-0.4, -0.2) is 21.4 Å². The molecular formula is C22H24N2O3S. The van der Waals surface area contributed by atoms with E-state index in [0.717, 1.165) is 53.6 Å². The lowest BCUT2D eigenvalue weighted by Crippen LogP contribution is -2.23. The van der Waals surface area contributed by atoms with E-state index in [1.54, 1.807) is 30.1 Å². The number of nitrogens with zero attached hydrogens (tertiary/aromatic N) is 1. The molecule has 0 spiro atoms. The lowest BCUT2D eigenvalue weighted by molar-refractivity contribution is -0.112. The number of anilines is 1. The molecule has 1 fully saturated rings. The first-order valence-electron chi connectivity index (χ1n) is 9.56. The van der Waals surface area contributed by atoms with Gasteiger partial charge in [-0.1, -0.05) is 35.4 Å². The number of fused-ring (bicyclic) bond motifs is 1. The largest absolute Gasteiger partial charge is 0.311 e. The van der Waals surface area contributed by atoms with E-state index in [1.807, 2.05) is 31.2 Å². The van der Waals surface area contributed by atoms with Crippen LogP contribution < -0.4 is 9.62 Å². The topological polar surface area (TPSA) is 66.5 Å². The van der Waals surface area contributed by atoms with Crippen LogP contribution in [0.15, 0.2) is 52.9 Å². The number of nitrogens with one attached hydrogen (secondary N) is 1. The molecule has 1 aliphatic heterocycles. The summed E-state index contributed by atoms with van der Waals surface area (Å²) in [4.78, 5) is 14.6. The van der Waals surface area contributed by atoms with Crippen LogP contribution in [0.2, 0.25) is 0 Å². The molecule has 1 amide bonds. The van der Waals surface area contributed by atoms with Gasteiger partial charge in [-0.3, -0.25) is 4.79 Å². The third kappa shape index (κ3) is 3.38. The molecule has 28 heavy (non-hydrogen) atoms. The van der Waals surface area contributed by atoms with Gasteiger partial charge in [0.05, 0.1) is 10.6 Å². The smallest absolute Gasteiger partial charge is 0.258 e. The van der Waals surface area contributed by atoms with Crippen molar-refractivity contribution in [3.05, 3.63) is 64.7 Å². The quantitative estimate of drug-likeness (QED) is 0.800. The highest BCUT2D eigenvalue weighted by atomic mass is 32.2. The van der Waals surface area contributed by atoms with Gasteiger partial charge in [-0.2, -0.15) is 0 Å². The Morgan fingerprint density at radius 2 is 1.71 bits per heavy atom. The minimum Gasteiger partial charge on any atom is -0.311 e. The van der Waals surface area contributed by atoms with Gasteiger partial charge in [-0.15, -0.1) is 0 Å². The maximum absolute atomic E-state index is 12.8. The summed E-state index contributed by atoms with van der Waals surface area (Å²) in [6.07, 6.45) is 4.00. The van der Waals surface area contributed by atoms with Crippen molar-refractivity contribution in [1.29, 1.82) is 0 Å². The summed E-state index contributed by atoms with van der Waals surface area (Å²) in [7, 11) is -1.93. The molecule has 1 N–H and O–H groups in total. The minimum atomic E-state index is -3.67. The fourth-order valence-corrected chi connectivity index (χ4v) is 4.97. The number of rotatable bonds is 4. The molecule has 6 heteroatoms. The maximum Gasteiger partial charge on any atom is 0.258 e. The first-order chi connectivity index (χ1) is 13.4. The van der Waals surface area contributed by atoms with Gasteiger partial charge in [0.2, 0.25) is 10.0 Å². The number of sulfonamides is 1. The van der Waals surface area contributed by atoms with E-state index in [1.165, 1.54) is 0 Å². The lowest BCUT2D eigenvalue weighted by atomic mass is 10.00. The van der Waals surface area contributed by atoms with Crippen LogP contribution in [0.4, 0.5) is 5.69 Å². The van der Waals surface area contributed by atoms with E-state index in [2.05, 4.69) is 4.72 Å². The number of hydrogen-bond donors (Lipinski definition) is 1. The first kappa shape index (κ1) is 18.9. The van der Waals surface area contributed by atoms with Crippen LogP contribution in [0, 0.1) is 6.92 Å². The summed E-state index contributed by atoms with van der Waals surface area (Å²) in [6, 6.07) is 12.7. The van der Waals surface area contributed by atoms with Crippen molar-refractivity contribution < 1.29 is 13.2 Å². The Morgan fingerprint density at radius 3 is 2.39 bits per heavy atom. The van der Waals surface area contributed by atoms with Gasteiger partial charge in [0, 0.05) is 24.7 Å². The predicted octanol–water partition coefficient (Wildman–Crippen LogP) is 3.78. The molecule has 0 atom stereocenters. The number of likely N-dealkylation sites (N-methyl/N-ethyl adjacent to an activating group) is 1. The summed E-state index contributed by atoms with van der Waals surface area (Å²) in [5.74, 6) is -0.0333. The molecule has 1 heterocycles. The molecule has 1 aliphatic carbocycles. The average molecular weight is 397 g/mol. The number of benzene rings is 2. The Hall–Kier alpha value is -2.44. The van der Waals surface area contributed by atoms with E-state index in [0.29, 0.717) is 5.57 Å². The van der Waals surface area contributed by atoms with Crippen LogP contribution in [0.25, 0.3) is 5.57 Å². The van der Waals surface area contributed by atoms with Crippen LogP contribution in [0.5, 0.6) is 0 Å². The molecule has 0 saturated heterocycles. The Labute approximate surface area is 166 Å². The Kier molecular flexibility index (Phi) is 4.85. The molecule has 146 valence electrons. The molecule has 2 aliphatic rings. The summed E-state index contributed by atoms with van der Waals surface area (Å²) in [5, 5.41) is 0. The molecule has 4 rings (SSSR count). The zero-order chi connectivity index (χ0) is 19.9. The molecule has 2 aromatic carbocycles. The number of carbonyl (C=O) groups is 1. The highest BCUT2D eigenvalue weighted by Crippen LogP contribution is 2.42. The van der Waals surface area contributed by atoms with Crippen molar-refractivity contribution in [1.82, 2.24) is 4.72 Å². The second-order valence-electron chi connectivity index (χ2n) is 7.54. The van der Waals surface area contributed by atoms with Gasteiger partial charge in [0.15, 0.2) is 0 Å². The van der Waals surface area contributed by atoms with E-state index in [-0.39, 0.29) is 17.3 Å². The van der Waals surface area contributed by atoms with E-state index < -0.39 is 10.0 Å². The Morgan fingerprint density at radius 1 is 1.04 bits per heavy atom. The summed E-state index contributed by atoms with van der Waals surface area (Å²) >= 11 is 0. The molecular weight excluding hydrogens is 372 g/mol. The molecule has 0 aromatic heterocycles. The maximum atomic E-state index is 12.8. The summed E-state index contributed by atoms with van der Waals surface area (Å²) in [6.45, 7) is 2.22. The van der Waals surface area contributed by atoms with Crippen molar-refractivity contribution in [3.63, 3.8) is 0 Å². The Bertz CT molecular complexity index is 1060. The van der Waals surface area contributed by atoms with Crippen molar-refractivity contribution in [2.75, 3.05) is 11.9 Å². The minimum absolute atomic E-state index is 0.0333. The van der Waals surface area contributed by atoms with E-state index in [4.69, 9.17) is 0 Å². The van der Waals surface area contributed by atoms with Crippen molar-refractivity contribution >= 4 is 27.2 Å². The number of amides is 1. The predicted molar refractivity (Wildman–Crippen MR) is 110 cm³/mol. The van der Waals surface area contributed by atoms with Gasteiger partial charge in [-0.25, -0.2) is 13.1 Å². The zero-order valence-electron chi connectivity index (χ0n) is 16.2. The highest BCUT2D eigenvalue weighted by molar-refractivity contribution is 7.89. The third-order valence-electron chi connectivity index (χ3n) is 5.58. The Balaban J connectivity index is 1.65. The van der Waals surface area contributed by atoms with Crippen LogP contribution >= 0.6 is 0 Å². The highest BCUT2D eigenvalue weighted by Gasteiger charge is 2.34. The normalized spacial score (nSPS) is 16.8. The monoisotopic (exact) mass is 396 g/mol. The molecule has 0 bridgehead atoms. The molecule has 2 aromatic rings. The molecule has 0 radical (unpaired) electrons. The van der Waals surface area contributed by atoms with Crippen LogP contribution in [-0.2, 0) is 21.4 Å². The SMILES string of the molecule is Cc1ccc(CNS(=O)(=O)c2ccc3c(c2)C(=C2CCCC2)C(=O)N3C)cc1. The zero-order valence-corrected chi connectivity index (χ0v) is 17.0. The van der Waals surface area contributed by atoms with Gasteiger partial charge in [0.1, 0.15) is 0 Å². The van der Waals surface area contributed by atoms with Crippen molar-refractivity contribution in [3.8, 4) is 0 Å². The van der Waals surface area contributed by atoms with E-state index in [9.17, 15) is 13.2 Å². The molecule has 0 unspecified atom stereocenters. The fourth-order valence-electron chi connectivity index (χ4n) is 3.93. The van der Waals surface area contributed by atoms with Gasteiger partial charge in [0.25, 0.3) is 5.91 Å². The van der Waals surface area contributed by atoms with Crippen molar-refractivity contribution in [2.45, 2.75) is 44.0 Å². The molecule has 1 saturated carbocycles. The van der Waals surface area contributed by atoms with Gasteiger partial charge < -0.3 is 4.90 Å². The third-order valence-corrected chi connectivity index (χ3v) is 6.97. The van der Waals surface area contributed by atoms with Gasteiger partial charge in [-0.05, 0) is 56.4 Å². The van der Waals surface area contributed by atoms with E-state index >= 15 is 0 Å². The number of carbonyl (C=O) groups excluding carboxylic acids is 1. The van der Waals surface area contributed by atoms with Crippen LogP contribution in [0.3, 0.4) is 0 Å². The number of hydrogen-bond acceptors (Lipinski definition) is 3. The second kappa shape index (κ2) is 7.18. The lowest BCUT2D eigenvalue weighted by Gasteiger charge is -2.11. The summed E-state index contributed by atoms with van der Waals surface area (Å²) < 4.78 is 28.3. The van der Waals surface area contributed by atoms with Crippen molar-refractivity contribution in [2.24, 2.45) is 0 Å². The van der Waals surface area contributed by atoms with Crippen LogP contribution in [0.1, 0.15) is 42.4 Å². The fraction of sp³-hybridized carbons (Fsp3) is 0.318. The standard InChI is InChI=1S/C22H24N2O3S/c1-15-7-9-16(10-8-15)14-23-28(26,27)18-11-12-20-19(13-18)21(22(25)24(20)2)17-5-3-4-6-17/h7-13,23H,3-6,14H2,1-2H3. The molecule has 5 nitrogen and oxygen atoms in total. The first-order valence-corrected chi connectivity index (χ1v) is 11.0. The second-order valence-corrected chi connectivity index (χ2v) is 9.31.